The van der Waals surface area contributed by atoms with Crippen LogP contribution in [0.25, 0.3) is 0 Å². The second-order valence-electron chi connectivity index (χ2n) is 5.77. The summed E-state index contributed by atoms with van der Waals surface area (Å²) in [6.45, 7) is -0.216. The van der Waals surface area contributed by atoms with Gasteiger partial charge in [-0.15, -0.1) is 0 Å². The Balaban J connectivity index is 2.09. The van der Waals surface area contributed by atoms with Crippen LogP contribution in [0.2, 0.25) is 10.0 Å². The molecule has 1 aliphatic rings. The number of hydrogen-bond acceptors (Lipinski definition) is 3. The molecule has 0 atom stereocenters. The van der Waals surface area contributed by atoms with Crippen LogP contribution in [0.3, 0.4) is 0 Å². The fraction of sp³-hybridized carbons (Fsp3) is 0.533. The van der Waals surface area contributed by atoms with Gasteiger partial charge in [-0.25, -0.2) is 8.42 Å². The van der Waals surface area contributed by atoms with Crippen LogP contribution in [0, 0.1) is 0 Å². The molecule has 2 rings (SSSR count). The number of hydrogen-bond donors (Lipinski definition) is 1. The molecule has 1 fully saturated rings. The van der Waals surface area contributed by atoms with E-state index in [1.807, 2.05) is 0 Å². The maximum absolute atomic E-state index is 12.3. The molecular weight excluding hydrogens is 359 g/mol. The number of nitrogens with one attached hydrogen (secondary N) is 1. The van der Waals surface area contributed by atoms with Crippen LogP contribution in [0.5, 0.6) is 0 Å². The molecular formula is C15H20Cl2N2O3S. The van der Waals surface area contributed by atoms with E-state index in [4.69, 9.17) is 23.2 Å². The fourth-order valence-corrected chi connectivity index (χ4v) is 4.25. The lowest BCUT2D eigenvalue weighted by molar-refractivity contribution is -0.116. The van der Waals surface area contributed by atoms with Gasteiger partial charge in [0.1, 0.15) is 0 Å². The molecule has 5 nitrogen and oxygen atoms in total. The monoisotopic (exact) mass is 378 g/mol. The van der Waals surface area contributed by atoms with E-state index in [2.05, 4.69) is 5.32 Å². The maximum Gasteiger partial charge on any atom is 0.239 e. The van der Waals surface area contributed by atoms with Crippen LogP contribution >= 0.6 is 23.2 Å². The van der Waals surface area contributed by atoms with Crippen LogP contribution in [0.15, 0.2) is 18.2 Å². The van der Waals surface area contributed by atoms with Gasteiger partial charge < -0.3 is 5.32 Å². The van der Waals surface area contributed by atoms with Crippen LogP contribution in [0.1, 0.15) is 32.1 Å². The third kappa shape index (κ3) is 5.35. The first kappa shape index (κ1) is 18.5. The lowest BCUT2D eigenvalue weighted by atomic mass is 9.95. The molecule has 128 valence electrons. The van der Waals surface area contributed by atoms with Crippen molar-refractivity contribution in [2.24, 2.45) is 0 Å². The molecule has 1 aromatic rings. The predicted octanol–water partition coefficient (Wildman–Crippen LogP) is 3.53. The standard InChI is InChI=1S/C15H20Cl2N2O3S/c1-23(21,22)19(12-5-3-2-4-6-12)10-15(20)18-14-9-11(16)7-8-13(14)17/h7-9,12H,2-6,10H2,1H3,(H,18,20). The Morgan fingerprint density at radius 2 is 1.91 bits per heavy atom. The highest BCUT2D eigenvalue weighted by Gasteiger charge is 2.29. The van der Waals surface area contributed by atoms with E-state index in [0.717, 1.165) is 38.4 Å². The second-order valence-corrected chi connectivity index (χ2v) is 8.55. The first-order valence-electron chi connectivity index (χ1n) is 7.49. The zero-order chi connectivity index (χ0) is 17.0. The molecule has 0 heterocycles. The van der Waals surface area contributed by atoms with E-state index >= 15 is 0 Å². The van der Waals surface area contributed by atoms with Crippen molar-refractivity contribution in [2.75, 3.05) is 18.1 Å². The molecule has 1 saturated carbocycles. The number of rotatable bonds is 5. The number of anilines is 1. The highest BCUT2D eigenvalue weighted by atomic mass is 35.5. The van der Waals surface area contributed by atoms with Crippen molar-refractivity contribution in [3.8, 4) is 0 Å². The Kier molecular flexibility index (Phi) is 6.31. The Bertz CT molecular complexity index is 673. The highest BCUT2D eigenvalue weighted by Crippen LogP contribution is 2.27. The molecule has 1 N–H and O–H groups in total. The second kappa shape index (κ2) is 7.83. The zero-order valence-electron chi connectivity index (χ0n) is 12.9. The van der Waals surface area contributed by atoms with Gasteiger partial charge in [-0.3, -0.25) is 4.79 Å². The average Bonchev–Trinajstić information content (AvgIpc) is 2.48. The smallest absolute Gasteiger partial charge is 0.239 e. The summed E-state index contributed by atoms with van der Waals surface area (Å²) in [5.74, 6) is -0.426. The van der Waals surface area contributed by atoms with Gasteiger partial charge in [0.05, 0.1) is 23.5 Å². The van der Waals surface area contributed by atoms with Crippen LogP contribution in [-0.2, 0) is 14.8 Å². The molecule has 0 saturated heterocycles. The normalized spacial score (nSPS) is 16.5. The summed E-state index contributed by atoms with van der Waals surface area (Å²) in [5.41, 5.74) is 0.376. The first-order valence-corrected chi connectivity index (χ1v) is 10.1. The zero-order valence-corrected chi connectivity index (χ0v) is 15.2. The van der Waals surface area contributed by atoms with Gasteiger partial charge in [0.2, 0.25) is 15.9 Å². The molecule has 0 bridgehead atoms. The Morgan fingerprint density at radius 1 is 1.26 bits per heavy atom. The van der Waals surface area contributed by atoms with Crippen molar-refractivity contribution in [1.82, 2.24) is 4.31 Å². The SMILES string of the molecule is CS(=O)(=O)N(CC(=O)Nc1cc(Cl)ccc1Cl)C1CCCCC1. The van der Waals surface area contributed by atoms with Gasteiger partial charge in [0.15, 0.2) is 0 Å². The minimum atomic E-state index is -3.46. The maximum atomic E-state index is 12.3. The van der Waals surface area contributed by atoms with E-state index in [0.29, 0.717) is 15.7 Å². The number of benzene rings is 1. The Labute approximate surface area is 147 Å². The topological polar surface area (TPSA) is 66.5 Å². The van der Waals surface area contributed by atoms with Crippen LogP contribution in [0.4, 0.5) is 5.69 Å². The Morgan fingerprint density at radius 3 is 2.52 bits per heavy atom. The summed E-state index contributed by atoms with van der Waals surface area (Å²) < 4.78 is 25.4. The number of carbonyl (C=O) groups excluding carboxylic acids is 1. The predicted molar refractivity (Wildman–Crippen MR) is 93.5 cm³/mol. The van der Waals surface area contributed by atoms with E-state index in [9.17, 15) is 13.2 Å². The van der Waals surface area contributed by atoms with Crippen molar-refractivity contribution in [3.05, 3.63) is 28.2 Å². The van der Waals surface area contributed by atoms with Crippen molar-refractivity contribution >= 4 is 44.8 Å². The molecule has 23 heavy (non-hydrogen) atoms. The van der Waals surface area contributed by atoms with Crippen LogP contribution in [-0.4, -0.2) is 37.5 Å². The Hall–Kier alpha value is -0.820. The number of nitrogens with zero attached hydrogens (tertiary/aromatic N) is 1. The van der Waals surface area contributed by atoms with Gasteiger partial charge in [-0.1, -0.05) is 42.5 Å². The van der Waals surface area contributed by atoms with E-state index in [1.165, 1.54) is 10.4 Å². The molecule has 0 unspecified atom stereocenters. The molecule has 0 aromatic heterocycles. The number of sulfonamides is 1. The van der Waals surface area contributed by atoms with Crippen LogP contribution < -0.4 is 5.32 Å². The molecule has 1 amide bonds. The fourth-order valence-electron chi connectivity index (χ4n) is 2.81. The molecule has 0 aliphatic heterocycles. The summed E-state index contributed by atoms with van der Waals surface area (Å²) >= 11 is 11.9. The minimum Gasteiger partial charge on any atom is -0.324 e. The number of halogens is 2. The largest absolute Gasteiger partial charge is 0.324 e. The molecule has 8 heteroatoms. The van der Waals surface area contributed by atoms with Crippen molar-refractivity contribution in [2.45, 2.75) is 38.1 Å². The average molecular weight is 379 g/mol. The summed E-state index contributed by atoms with van der Waals surface area (Å²) in [6.07, 6.45) is 5.80. The van der Waals surface area contributed by atoms with Crippen molar-refractivity contribution < 1.29 is 13.2 Å². The highest BCUT2D eigenvalue weighted by molar-refractivity contribution is 7.88. The first-order chi connectivity index (χ1) is 10.8. The van der Waals surface area contributed by atoms with Gasteiger partial charge >= 0.3 is 0 Å². The van der Waals surface area contributed by atoms with Crippen molar-refractivity contribution in [3.63, 3.8) is 0 Å². The van der Waals surface area contributed by atoms with Gasteiger partial charge in [-0.05, 0) is 31.0 Å². The lowest BCUT2D eigenvalue weighted by Crippen LogP contribution is -2.45. The third-order valence-electron chi connectivity index (χ3n) is 3.91. The third-order valence-corrected chi connectivity index (χ3v) is 5.75. The van der Waals surface area contributed by atoms with E-state index in [-0.39, 0.29) is 12.6 Å². The van der Waals surface area contributed by atoms with Gasteiger partial charge in [0, 0.05) is 11.1 Å². The number of carbonyl (C=O) groups is 1. The molecule has 1 aliphatic carbocycles. The summed E-state index contributed by atoms with van der Waals surface area (Å²) in [6, 6.07) is 4.62. The molecule has 0 radical (unpaired) electrons. The summed E-state index contributed by atoms with van der Waals surface area (Å²) in [4.78, 5) is 12.3. The van der Waals surface area contributed by atoms with Gasteiger partial charge in [-0.2, -0.15) is 4.31 Å². The van der Waals surface area contributed by atoms with Crippen molar-refractivity contribution in [1.29, 1.82) is 0 Å². The number of amides is 1. The quantitative estimate of drug-likeness (QED) is 0.851. The van der Waals surface area contributed by atoms with E-state index in [1.54, 1.807) is 12.1 Å². The van der Waals surface area contributed by atoms with E-state index < -0.39 is 15.9 Å². The summed E-state index contributed by atoms with van der Waals surface area (Å²) in [5, 5.41) is 3.43. The lowest BCUT2D eigenvalue weighted by Gasteiger charge is -2.31. The molecule has 1 aromatic carbocycles. The minimum absolute atomic E-state index is 0.112. The van der Waals surface area contributed by atoms with Gasteiger partial charge in [0.25, 0.3) is 0 Å². The summed E-state index contributed by atoms with van der Waals surface area (Å²) in [7, 11) is -3.46. The molecule has 0 spiro atoms.